The first-order valence-corrected chi connectivity index (χ1v) is 6.08. The summed E-state index contributed by atoms with van der Waals surface area (Å²) < 4.78 is 4.87. The van der Waals surface area contributed by atoms with Crippen molar-refractivity contribution in [1.29, 1.82) is 5.26 Å². The molecule has 5 heteroatoms. The standard InChI is InChI=1S/C12H14N2O2S/c1-16-6-3-5-14-12(15)10(9-13)8-11-4-2-7-17-11/h2,4,7-8H,3,5-6H2,1H3,(H,14,15). The van der Waals surface area contributed by atoms with E-state index in [1.54, 1.807) is 13.2 Å². The molecule has 0 aliphatic carbocycles. The normalized spacial score (nSPS) is 10.9. The summed E-state index contributed by atoms with van der Waals surface area (Å²) in [5.74, 6) is -0.336. The Morgan fingerprint density at radius 2 is 2.53 bits per heavy atom. The van der Waals surface area contributed by atoms with Crippen LogP contribution in [0.4, 0.5) is 0 Å². The third kappa shape index (κ3) is 4.81. The summed E-state index contributed by atoms with van der Waals surface area (Å²) in [5, 5.41) is 13.5. The molecule has 1 N–H and O–H groups in total. The van der Waals surface area contributed by atoms with E-state index in [9.17, 15) is 4.79 Å². The lowest BCUT2D eigenvalue weighted by Gasteiger charge is -2.03. The first-order valence-electron chi connectivity index (χ1n) is 5.20. The molecule has 0 aromatic carbocycles. The average Bonchev–Trinajstić information content (AvgIpc) is 2.84. The zero-order valence-corrected chi connectivity index (χ0v) is 10.4. The Bertz CT molecular complexity index is 418. The third-order valence-electron chi connectivity index (χ3n) is 2.01. The fraction of sp³-hybridized carbons (Fsp3) is 0.333. The van der Waals surface area contributed by atoms with Crippen LogP contribution >= 0.6 is 11.3 Å². The highest BCUT2D eigenvalue weighted by Crippen LogP contribution is 2.13. The maximum atomic E-state index is 11.6. The van der Waals surface area contributed by atoms with Gasteiger partial charge in [0.1, 0.15) is 11.6 Å². The number of amides is 1. The largest absolute Gasteiger partial charge is 0.385 e. The van der Waals surface area contributed by atoms with Gasteiger partial charge < -0.3 is 10.1 Å². The zero-order chi connectivity index (χ0) is 12.5. The van der Waals surface area contributed by atoms with Crippen LogP contribution in [0.15, 0.2) is 23.1 Å². The number of thiophene rings is 1. The second-order valence-electron chi connectivity index (χ2n) is 3.29. The van der Waals surface area contributed by atoms with E-state index in [2.05, 4.69) is 5.32 Å². The van der Waals surface area contributed by atoms with Gasteiger partial charge in [-0.3, -0.25) is 4.79 Å². The second kappa shape index (κ2) is 7.60. The molecule has 1 aromatic heterocycles. The molecule has 4 nitrogen and oxygen atoms in total. The number of methoxy groups -OCH3 is 1. The van der Waals surface area contributed by atoms with E-state index in [0.717, 1.165) is 11.3 Å². The van der Waals surface area contributed by atoms with Crippen LogP contribution in [-0.2, 0) is 9.53 Å². The lowest BCUT2D eigenvalue weighted by molar-refractivity contribution is -0.117. The van der Waals surface area contributed by atoms with Crippen LogP contribution in [0.25, 0.3) is 6.08 Å². The van der Waals surface area contributed by atoms with Crippen molar-refractivity contribution in [3.05, 3.63) is 28.0 Å². The van der Waals surface area contributed by atoms with Crippen molar-refractivity contribution >= 4 is 23.3 Å². The Kier molecular flexibility index (Phi) is 6.00. The van der Waals surface area contributed by atoms with Crippen molar-refractivity contribution in [3.63, 3.8) is 0 Å². The Balaban J connectivity index is 2.51. The fourth-order valence-electron chi connectivity index (χ4n) is 1.18. The fourth-order valence-corrected chi connectivity index (χ4v) is 1.84. The van der Waals surface area contributed by atoms with E-state index in [-0.39, 0.29) is 11.5 Å². The highest BCUT2D eigenvalue weighted by molar-refractivity contribution is 7.10. The number of hydrogen-bond acceptors (Lipinski definition) is 4. The molecule has 0 aliphatic rings. The van der Waals surface area contributed by atoms with Gasteiger partial charge in [0.05, 0.1) is 0 Å². The van der Waals surface area contributed by atoms with Crippen molar-refractivity contribution in [2.45, 2.75) is 6.42 Å². The van der Waals surface area contributed by atoms with Crippen LogP contribution in [0.2, 0.25) is 0 Å². The van der Waals surface area contributed by atoms with Gasteiger partial charge in [0.15, 0.2) is 0 Å². The summed E-state index contributed by atoms with van der Waals surface area (Å²) in [6.07, 6.45) is 2.33. The van der Waals surface area contributed by atoms with E-state index in [1.807, 2.05) is 23.6 Å². The molecular formula is C12H14N2O2S. The summed E-state index contributed by atoms with van der Waals surface area (Å²) >= 11 is 1.49. The molecule has 0 spiro atoms. The molecule has 0 aliphatic heterocycles. The van der Waals surface area contributed by atoms with E-state index in [4.69, 9.17) is 10.00 Å². The van der Waals surface area contributed by atoms with Crippen molar-refractivity contribution in [2.75, 3.05) is 20.3 Å². The van der Waals surface area contributed by atoms with Gasteiger partial charge in [-0.05, 0) is 23.9 Å². The van der Waals surface area contributed by atoms with Gasteiger partial charge in [-0.25, -0.2) is 0 Å². The van der Waals surface area contributed by atoms with Crippen LogP contribution in [0.1, 0.15) is 11.3 Å². The predicted octanol–water partition coefficient (Wildman–Crippen LogP) is 1.81. The smallest absolute Gasteiger partial charge is 0.261 e. The molecule has 0 radical (unpaired) electrons. The van der Waals surface area contributed by atoms with Crippen LogP contribution in [-0.4, -0.2) is 26.2 Å². The van der Waals surface area contributed by atoms with E-state index in [0.29, 0.717) is 13.2 Å². The van der Waals surface area contributed by atoms with Crippen molar-refractivity contribution in [2.24, 2.45) is 0 Å². The maximum Gasteiger partial charge on any atom is 0.261 e. The first-order chi connectivity index (χ1) is 8.27. The molecule has 90 valence electrons. The molecule has 0 saturated carbocycles. The van der Waals surface area contributed by atoms with Gasteiger partial charge >= 0.3 is 0 Å². The van der Waals surface area contributed by atoms with Gasteiger partial charge in [-0.1, -0.05) is 6.07 Å². The van der Waals surface area contributed by atoms with Crippen molar-refractivity contribution in [3.8, 4) is 6.07 Å². The number of rotatable bonds is 6. The second-order valence-corrected chi connectivity index (χ2v) is 4.27. The molecule has 17 heavy (non-hydrogen) atoms. The summed E-state index contributed by atoms with van der Waals surface area (Å²) in [7, 11) is 1.61. The lowest BCUT2D eigenvalue weighted by Crippen LogP contribution is -2.26. The Hall–Kier alpha value is -1.64. The lowest BCUT2D eigenvalue weighted by atomic mass is 10.2. The minimum atomic E-state index is -0.336. The zero-order valence-electron chi connectivity index (χ0n) is 9.60. The van der Waals surface area contributed by atoms with Gasteiger partial charge in [0.2, 0.25) is 0 Å². The molecule has 0 atom stereocenters. The minimum Gasteiger partial charge on any atom is -0.385 e. The van der Waals surface area contributed by atoms with Crippen LogP contribution in [0.5, 0.6) is 0 Å². The Labute approximate surface area is 105 Å². The number of carbonyl (C=O) groups excluding carboxylic acids is 1. The highest BCUT2D eigenvalue weighted by atomic mass is 32.1. The predicted molar refractivity (Wildman–Crippen MR) is 67.4 cm³/mol. The van der Waals surface area contributed by atoms with Gasteiger partial charge in [-0.15, -0.1) is 11.3 Å². The maximum absolute atomic E-state index is 11.6. The molecule has 0 saturated heterocycles. The summed E-state index contributed by atoms with van der Waals surface area (Å²) in [6, 6.07) is 5.64. The number of hydrogen-bond donors (Lipinski definition) is 1. The molecule has 1 heterocycles. The van der Waals surface area contributed by atoms with Gasteiger partial charge in [-0.2, -0.15) is 5.26 Å². The quantitative estimate of drug-likeness (QED) is 0.476. The molecule has 0 fully saturated rings. The van der Waals surface area contributed by atoms with Crippen LogP contribution in [0, 0.1) is 11.3 Å². The number of ether oxygens (including phenoxy) is 1. The number of nitriles is 1. The van der Waals surface area contributed by atoms with Crippen LogP contribution < -0.4 is 5.32 Å². The minimum absolute atomic E-state index is 0.130. The Morgan fingerprint density at radius 1 is 1.71 bits per heavy atom. The summed E-state index contributed by atoms with van der Waals surface area (Å²) in [6.45, 7) is 1.10. The summed E-state index contributed by atoms with van der Waals surface area (Å²) in [5.41, 5.74) is 0.130. The number of nitrogens with zero attached hydrogens (tertiary/aromatic N) is 1. The number of nitrogens with one attached hydrogen (secondary N) is 1. The van der Waals surface area contributed by atoms with Gasteiger partial charge in [0.25, 0.3) is 5.91 Å². The third-order valence-corrected chi connectivity index (χ3v) is 2.82. The summed E-state index contributed by atoms with van der Waals surface area (Å²) in [4.78, 5) is 12.5. The van der Waals surface area contributed by atoms with E-state index >= 15 is 0 Å². The van der Waals surface area contributed by atoms with Gasteiger partial charge in [0, 0.05) is 25.1 Å². The first kappa shape index (κ1) is 13.4. The molecule has 1 aromatic rings. The van der Waals surface area contributed by atoms with Crippen molar-refractivity contribution < 1.29 is 9.53 Å². The highest BCUT2D eigenvalue weighted by Gasteiger charge is 2.08. The van der Waals surface area contributed by atoms with E-state index < -0.39 is 0 Å². The molecule has 1 rings (SSSR count). The van der Waals surface area contributed by atoms with E-state index in [1.165, 1.54) is 11.3 Å². The molecule has 0 unspecified atom stereocenters. The molecule has 1 amide bonds. The molecule has 0 bridgehead atoms. The van der Waals surface area contributed by atoms with Crippen LogP contribution in [0.3, 0.4) is 0 Å². The SMILES string of the molecule is COCCCNC(=O)C(C#N)=Cc1cccs1. The average molecular weight is 250 g/mol. The Morgan fingerprint density at radius 3 is 3.12 bits per heavy atom. The van der Waals surface area contributed by atoms with Crippen molar-refractivity contribution in [1.82, 2.24) is 5.32 Å². The molecular weight excluding hydrogens is 236 g/mol. The number of carbonyl (C=O) groups is 1. The topological polar surface area (TPSA) is 62.1 Å². The monoisotopic (exact) mass is 250 g/mol.